The van der Waals surface area contributed by atoms with Crippen molar-refractivity contribution in [2.45, 2.75) is 32.2 Å². The third-order valence-electron chi connectivity index (χ3n) is 4.66. The van der Waals surface area contributed by atoms with Crippen LogP contribution in [0.1, 0.15) is 30.1 Å². The quantitative estimate of drug-likeness (QED) is 0.759. The summed E-state index contributed by atoms with van der Waals surface area (Å²) in [6.07, 6.45) is 4.07. The number of nitrogens with one attached hydrogen (secondary N) is 1. The molecule has 0 radical (unpaired) electrons. The van der Waals surface area contributed by atoms with Crippen LogP contribution < -0.4 is 5.32 Å². The van der Waals surface area contributed by atoms with Crippen molar-refractivity contribution < 1.29 is 14.0 Å². The van der Waals surface area contributed by atoms with Crippen LogP contribution in [-0.2, 0) is 16.0 Å². The number of imidazole rings is 1. The molecule has 7 nitrogen and oxygen atoms in total. The summed E-state index contributed by atoms with van der Waals surface area (Å²) in [7, 11) is 0. The Kier molecular flexibility index (Phi) is 4.28. The van der Waals surface area contributed by atoms with Gasteiger partial charge in [0.15, 0.2) is 4.96 Å². The second-order valence-corrected chi connectivity index (χ2v) is 7.54. The summed E-state index contributed by atoms with van der Waals surface area (Å²) in [5.41, 5.74) is 0.759. The second kappa shape index (κ2) is 6.60. The minimum absolute atomic E-state index is 0.0110. The molecule has 136 valence electrons. The molecule has 1 N–H and O–H groups in total. The fraction of sp³-hybridized carbons (Fsp3) is 0.389. The number of hydrogen-bond acceptors (Lipinski definition) is 5. The van der Waals surface area contributed by atoms with E-state index in [4.69, 9.17) is 4.42 Å². The lowest BCUT2D eigenvalue weighted by molar-refractivity contribution is -0.129. The summed E-state index contributed by atoms with van der Waals surface area (Å²) in [5, 5.41) is 4.92. The molecule has 2 atom stereocenters. The van der Waals surface area contributed by atoms with Gasteiger partial charge in [-0.3, -0.25) is 14.0 Å². The van der Waals surface area contributed by atoms with Gasteiger partial charge in [-0.15, -0.1) is 11.3 Å². The monoisotopic (exact) mass is 372 g/mol. The number of carbonyl (C=O) groups excluding carboxylic acids is 2. The van der Waals surface area contributed by atoms with Gasteiger partial charge in [0.1, 0.15) is 11.5 Å². The molecule has 4 rings (SSSR count). The number of nitrogens with zero attached hydrogens (tertiary/aromatic N) is 3. The molecule has 2 unspecified atom stereocenters. The predicted molar refractivity (Wildman–Crippen MR) is 97.1 cm³/mol. The highest BCUT2D eigenvalue weighted by Crippen LogP contribution is 2.29. The highest BCUT2D eigenvalue weighted by atomic mass is 32.1. The van der Waals surface area contributed by atoms with Crippen molar-refractivity contribution in [1.82, 2.24) is 19.6 Å². The highest BCUT2D eigenvalue weighted by Gasteiger charge is 2.38. The maximum absolute atomic E-state index is 12.8. The largest absolute Gasteiger partial charge is 0.466 e. The van der Waals surface area contributed by atoms with Crippen molar-refractivity contribution in [2.24, 2.45) is 0 Å². The van der Waals surface area contributed by atoms with Crippen molar-refractivity contribution in [1.29, 1.82) is 0 Å². The van der Waals surface area contributed by atoms with Gasteiger partial charge in [0.2, 0.25) is 11.8 Å². The minimum Gasteiger partial charge on any atom is -0.466 e. The van der Waals surface area contributed by atoms with E-state index in [0.29, 0.717) is 13.1 Å². The molecule has 0 spiro atoms. The van der Waals surface area contributed by atoms with Crippen molar-refractivity contribution >= 4 is 28.1 Å². The number of fused-ring (bicyclic) bond motifs is 1. The highest BCUT2D eigenvalue weighted by molar-refractivity contribution is 7.15. The van der Waals surface area contributed by atoms with Gasteiger partial charge < -0.3 is 14.6 Å². The molecule has 3 aromatic rings. The third kappa shape index (κ3) is 3.24. The first-order valence-electron chi connectivity index (χ1n) is 8.52. The van der Waals surface area contributed by atoms with Crippen LogP contribution in [0.2, 0.25) is 0 Å². The number of rotatable bonds is 4. The molecule has 0 bridgehead atoms. The Morgan fingerprint density at radius 2 is 2.23 bits per heavy atom. The molecule has 3 aromatic heterocycles. The van der Waals surface area contributed by atoms with Crippen LogP contribution in [-0.4, -0.2) is 45.2 Å². The first-order valence-corrected chi connectivity index (χ1v) is 9.40. The standard InChI is InChI=1S/C18H20N4O3S/c1-11-3-4-16(25-11)14-9-22(10-15(14)19-12(2)23)17(24)7-13-8-21-5-6-26-18(21)20-13/h3-6,8,14-15H,7,9-10H2,1-2H3,(H,19,23). The summed E-state index contributed by atoms with van der Waals surface area (Å²) in [4.78, 5) is 31.5. The zero-order valence-electron chi connectivity index (χ0n) is 14.6. The molecular formula is C18H20N4O3S. The molecule has 0 aliphatic carbocycles. The van der Waals surface area contributed by atoms with Crippen LogP contribution in [0.5, 0.6) is 0 Å². The normalized spacial score (nSPS) is 20.0. The molecule has 26 heavy (non-hydrogen) atoms. The fourth-order valence-corrected chi connectivity index (χ4v) is 4.20. The van der Waals surface area contributed by atoms with E-state index in [9.17, 15) is 9.59 Å². The Bertz CT molecular complexity index is 928. The zero-order chi connectivity index (χ0) is 18.3. The average Bonchev–Trinajstić information content (AvgIpc) is 3.30. The third-order valence-corrected chi connectivity index (χ3v) is 5.43. The van der Waals surface area contributed by atoms with E-state index < -0.39 is 0 Å². The molecule has 4 heterocycles. The number of thiazole rings is 1. The van der Waals surface area contributed by atoms with E-state index in [0.717, 1.165) is 22.2 Å². The molecule has 2 amide bonds. The summed E-state index contributed by atoms with van der Waals surface area (Å²) in [5.74, 6) is 1.49. The Labute approximate surface area is 154 Å². The van der Waals surface area contributed by atoms with E-state index in [2.05, 4.69) is 10.3 Å². The van der Waals surface area contributed by atoms with Crippen LogP contribution in [0.4, 0.5) is 0 Å². The lowest BCUT2D eigenvalue weighted by atomic mass is 10.0. The maximum atomic E-state index is 12.8. The van der Waals surface area contributed by atoms with Gasteiger partial charge in [0, 0.05) is 37.8 Å². The van der Waals surface area contributed by atoms with Crippen LogP contribution >= 0.6 is 11.3 Å². The number of likely N-dealkylation sites (tertiary alicyclic amines) is 1. The molecule has 0 saturated carbocycles. The smallest absolute Gasteiger partial charge is 0.228 e. The molecule has 1 aliphatic heterocycles. The van der Waals surface area contributed by atoms with Crippen molar-refractivity contribution in [2.75, 3.05) is 13.1 Å². The topological polar surface area (TPSA) is 79.9 Å². The van der Waals surface area contributed by atoms with E-state index in [1.54, 1.807) is 16.2 Å². The van der Waals surface area contributed by atoms with Gasteiger partial charge in [-0.2, -0.15) is 0 Å². The number of furan rings is 1. The lowest BCUT2D eigenvalue weighted by Crippen LogP contribution is -2.39. The lowest BCUT2D eigenvalue weighted by Gasteiger charge is -2.16. The number of aromatic nitrogens is 2. The Hall–Kier alpha value is -2.61. The number of aryl methyl sites for hydroxylation is 1. The molecule has 0 aromatic carbocycles. The van der Waals surface area contributed by atoms with Gasteiger partial charge in [-0.25, -0.2) is 4.98 Å². The zero-order valence-corrected chi connectivity index (χ0v) is 15.5. The first-order chi connectivity index (χ1) is 12.5. The SMILES string of the molecule is CC(=O)NC1CN(C(=O)Cc2cn3ccsc3n2)CC1c1ccc(C)o1. The van der Waals surface area contributed by atoms with E-state index >= 15 is 0 Å². The van der Waals surface area contributed by atoms with E-state index in [1.807, 2.05) is 41.2 Å². The predicted octanol–water partition coefficient (Wildman–Crippen LogP) is 1.97. The van der Waals surface area contributed by atoms with Gasteiger partial charge in [-0.1, -0.05) is 0 Å². The van der Waals surface area contributed by atoms with Crippen molar-refractivity contribution in [3.8, 4) is 0 Å². The average molecular weight is 372 g/mol. The Morgan fingerprint density at radius 1 is 1.38 bits per heavy atom. The van der Waals surface area contributed by atoms with Crippen LogP contribution in [0, 0.1) is 6.92 Å². The van der Waals surface area contributed by atoms with Gasteiger partial charge in [0.25, 0.3) is 0 Å². The van der Waals surface area contributed by atoms with Gasteiger partial charge in [-0.05, 0) is 19.1 Å². The van der Waals surface area contributed by atoms with Crippen LogP contribution in [0.3, 0.4) is 0 Å². The number of amides is 2. The van der Waals surface area contributed by atoms with E-state index in [-0.39, 0.29) is 30.2 Å². The Balaban J connectivity index is 1.49. The van der Waals surface area contributed by atoms with Crippen molar-refractivity contribution in [3.63, 3.8) is 0 Å². The van der Waals surface area contributed by atoms with Gasteiger partial charge in [0.05, 0.1) is 24.1 Å². The fourth-order valence-electron chi connectivity index (χ4n) is 3.48. The van der Waals surface area contributed by atoms with Gasteiger partial charge >= 0.3 is 0 Å². The molecule has 1 fully saturated rings. The summed E-state index contributed by atoms with van der Waals surface area (Å²) < 4.78 is 7.67. The molecule has 8 heteroatoms. The molecule has 1 aliphatic rings. The summed E-state index contributed by atoms with van der Waals surface area (Å²) in [6.45, 7) is 4.38. The Morgan fingerprint density at radius 3 is 2.92 bits per heavy atom. The first kappa shape index (κ1) is 16.8. The molecular weight excluding hydrogens is 352 g/mol. The van der Waals surface area contributed by atoms with Crippen LogP contribution in [0.15, 0.2) is 34.3 Å². The second-order valence-electron chi connectivity index (χ2n) is 6.66. The number of carbonyl (C=O) groups is 2. The van der Waals surface area contributed by atoms with Crippen LogP contribution in [0.25, 0.3) is 4.96 Å². The summed E-state index contributed by atoms with van der Waals surface area (Å²) in [6, 6.07) is 3.68. The van der Waals surface area contributed by atoms with E-state index in [1.165, 1.54) is 6.92 Å². The van der Waals surface area contributed by atoms with Crippen molar-refractivity contribution in [3.05, 3.63) is 47.1 Å². The minimum atomic E-state index is -0.146. The number of hydrogen-bond donors (Lipinski definition) is 1. The molecule has 1 saturated heterocycles. The maximum Gasteiger partial charge on any atom is 0.228 e. The summed E-state index contributed by atoms with van der Waals surface area (Å²) >= 11 is 1.54.